The Kier molecular flexibility index (Phi) is 8.74. The average molecular weight is 693 g/mol. The summed E-state index contributed by atoms with van der Waals surface area (Å²) in [4.78, 5) is 27.6. The summed E-state index contributed by atoms with van der Waals surface area (Å²) in [6.45, 7) is 5.24. The number of carboxylic acids is 1. The normalized spacial score (nSPS) is 13.4. The second kappa shape index (κ2) is 12.5. The van der Waals surface area contributed by atoms with Gasteiger partial charge in [-0.3, -0.25) is 9.59 Å². The molecule has 0 bridgehead atoms. The Hall–Kier alpha value is -4.02. The molecule has 0 saturated carbocycles. The summed E-state index contributed by atoms with van der Waals surface area (Å²) < 4.78 is 13.2. The molecule has 0 aliphatic carbocycles. The van der Waals surface area contributed by atoms with Crippen molar-refractivity contribution in [3.8, 4) is 22.6 Å². The maximum atomic E-state index is 14.4. The van der Waals surface area contributed by atoms with Crippen molar-refractivity contribution in [1.82, 2.24) is 15.6 Å². The predicted octanol–water partition coefficient (Wildman–Crippen LogP) is 7.97. The highest BCUT2D eigenvalue weighted by Gasteiger charge is 2.44. The zero-order chi connectivity index (χ0) is 30.0. The van der Waals surface area contributed by atoms with Crippen LogP contribution in [-0.2, 0) is 9.59 Å². The quantitative estimate of drug-likeness (QED) is 0.161. The zero-order valence-electron chi connectivity index (χ0n) is 23.0. The third-order valence-corrected chi connectivity index (χ3v) is 8.25. The number of nitrogens with one attached hydrogen (secondary N) is 1. The standard InChI is InChI=1S/C32H27Br2N3O5/c1-17(20-7-5-4-6-8-20)35-31(38)27(25-18(2)36-41-29(25)21-9-13-23(33)14-10-21)28(32(39)40)26-19(3)37-42-30(26)22-11-15-24(34)16-12-22/h4-17,27-28H,1-3H3,(H,35,38)(H,39,40). The lowest BCUT2D eigenvalue weighted by molar-refractivity contribution is -0.142. The molecule has 2 N–H and O–H groups in total. The van der Waals surface area contributed by atoms with E-state index in [0.717, 1.165) is 14.5 Å². The number of hydrogen-bond acceptors (Lipinski definition) is 6. The number of rotatable bonds is 9. The van der Waals surface area contributed by atoms with Gasteiger partial charge in [-0.05, 0) is 50.6 Å². The zero-order valence-corrected chi connectivity index (χ0v) is 26.1. The van der Waals surface area contributed by atoms with Crippen LogP contribution < -0.4 is 5.32 Å². The molecular weight excluding hydrogens is 666 g/mol. The van der Waals surface area contributed by atoms with Gasteiger partial charge < -0.3 is 19.5 Å². The molecule has 5 rings (SSSR count). The van der Waals surface area contributed by atoms with Gasteiger partial charge in [0.05, 0.1) is 23.3 Å². The summed E-state index contributed by atoms with van der Waals surface area (Å²) in [5, 5.41) is 22.2. The van der Waals surface area contributed by atoms with Crippen molar-refractivity contribution in [3.05, 3.63) is 116 Å². The molecule has 3 aromatic carbocycles. The third-order valence-electron chi connectivity index (χ3n) is 7.19. The second-order valence-corrected chi connectivity index (χ2v) is 11.8. The highest BCUT2D eigenvalue weighted by atomic mass is 79.9. The molecular formula is C32H27Br2N3O5. The first kappa shape index (κ1) is 29.5. The van der Waals surface area contributed by atoms with Crippen LogP contribution in [-0.4, -0.2) is 27.3 Å². The molecule has 5 aromatic rings. The van der Waals surface area contributed by atoms with E-state index in [1.165, 1.54) is 0 Å². The van der Waals surface area contributed by atoms with Crippen LogP contribution in [0.5, 0.6) is 0 Å². The van der Waals surface area contributed by atoms with Gasteiger partial charge >= 0.3 is 5.97 Å². The van der Waals surface area contributed by atoms with Crippen LogP contribution in [0.2, 0.25) is 0 Å². The van der Waals surface area contributed by atoms with Gasteiger partial charge in [0, 0.05) is 31.2 Å². The molecule has 42 heavy (non-hydrogen) atoms. The molecule has 10 heteroatoms. The van der Waals surface area contributed by atoms with Crippen molar-refractivity contribution in [2.45, 2.75) is 38.6 Å². The van der Waals surface area contributed by atoms with Crippen molar-refractivity contribution < 1.29 is 23.7 Å². The fraction of sp³-hybridized carbons (Fsp3) is 0.188. The number of benzene rings is 3. The summed E-state index contributed by atoms with van der Waals surface area (Å²) in [6.07, 6.45) is 0. The number of amides is 1. The molecule has 0 saturated heterocycles. The highest BCUT2D eigenvalue weighted by molar-refractivity contribution is 9.10. The molecule has 2 heterocycles. The van der Waals surface area contributed by atoms with E-state index >= 15 is 0 Å². The largest absolute Gasteiger partial charge is 0.481 e. The topological polar surface area (TPSA) is 118 Å². The lowest BCUT2D eigenvalue weighted by atomic mass is 9.77. The van der Waals surface area contributed by atoms with E-state index in [0.29, 0.717) is 39.4 Å². The lowest BCUT2D eigenvalue weighted by Crippen LogP contribution is -2.37. The maximum Gasteiger partial charge on any atom is 0.312 e. The van der Waals surface area contributed by atoms with Crippen LogP contribution in [0.15, 0.2) is 96.9 Å². The van der Waals surface area contributed by atoms with E-state index in [9.17, 15) is 14.7 Å². The van der Waals surface area contributed by atoms with Gasteiger partial charge in [-0.1, -0.05) is 96.8 Å². The van der Waals surface area contributed by atoms with E-state index in [1.54, 1.807) is 26.0 Å². The van der Waals surface area contributed by atoms with Crippen LogP contribution in [0.3, 0.4) is 0 Å². The Labute approximate surface area is 259 Å². The molecule has 0 radical (unpaired) electrons. The second-order valence-electron chi connectivity index (χ2n) is 9.97. The van der Waals surface area contributed by atoms with E-state index < -0.39 is 29.8 Å². The first-order valence-electron chi connectivity index (χ1n) is 13.2. The van der Waals surface area contributed by atoms with Gasteiger partial charge in [0.1, 0.15) is 5.92 Å². The van der Waals surface area contributed by atoms with Gasteiger partial charge in [0.25, 0.3) is 0 Å². The molecule has 1 amide bonds. The first-order valence-corrected chi connectivity index (χ1v) is 14.8. The Morgan fingerprint density at radius 2 is 1.19 bits per heavy atom. The maximum absolute atomic E-state index is 14.4. The van der Waals surface area contributed by atoms with Crippen molar-refractivity contribution in [1.29, 1.82) is 0 Å². The molecule has 214 valence electrons. The Bertz CT molecular complexity index is 1710. The lowest BCUT2D eigenvalue weighted by Gasteiger charge is -2.26. The van der Waals surface area contributed by atoms with Gasteiger partial charge in [-0.15, -0.1) is 0 Å². The first-order chi connectivity index (χ1) is 20.2. The highest BCUT2D eigenvalue weighted by Crippen LogP contribution is 2.45. The van der Waals surface area contributed by atoms with E-state index in [1.807, 2.05) is 73.7 Å². The van der Waals surface area contributed by atoms with Crippen LogP contribution in [0.25, 0.3) is 22.6 Å². The summed E-state index contributed by atoms with van der Waals surface area (Å²) in [6, 6.07) is 23.7. The van der Waals surface area contributed by atoms with Crippen molar-refractivity contribution in [2.75, 3.05) is 0 Å². The van der Waals surface area contributed by atoms with Crippen molar-refractivity contribution in [2.24, 2.45) is 0 Å². The minimum atomic E-state index is -1.38. The van der Waals surface area contributed by atoms with Gasteiger partial charge in [-0.2, -0.15) is 0 Å². The number of halogens is 2. The van der Waals surface area contributed by atoms with Crippen LogP contribution >= 0.6 is 31.9 Å². The van der Waals surface area contributed by atoms with Crippen LogP contribution in [0, 0.1) is 13.8 Å². The fourth-order valence-corrected chi connectivity index (χ4v) is 5.64. The fourth-order valence-electron chi connectivity index (χ4n) is 5.12. The van der Waals surface area contributed by atoms with Crippen LogP contribution in [0.4, 0.5) is 0 Å². The van der Waals surface area contributed by atoms with E-state index in [2.05, 4.69) is 47.5 Å². The molecule has 2 aromatic heterocycles. The summed E-state index contributed by atoms with van der Waals surface area (Å²) in [5.41, 5.74) is 3.63. The predicted molar refractivity (Wildman–Crippen MR) is 165 cm³/mol. The van der Waals surface area contributed by atoms with Gasteiger partial charge in [-0.25, -0.2) is 0 Å². The monoisotopic (exact) mass is 691 g/mol. The minimum Gasteiger partial charge on any atom is -0.481 e. The van der Waals surface area contributed by atoms with E-state index in [4.69, 9.17) is 9.05 Å². The summed E-state index contributed by atoms with van der Waals surface area (Å²) in [7, 11) is 0. The number of nitrogens with zero attached hydrogens (tertiary/aromatic N) is 2. The molecule has 3 atom stereocenters. The smallest absolute Gasteiger partial charge is 0.312 e. The van der Waals surface area contributed by atoms with E-state index in [-0.39, 0.29) is 5.76 Å². The molecule has 3 unspecified atom stereocenters. The number of aromatic nitrogens is 2. The number of aliphatic carboxylic acids is 1. The minimum absolute atomic E-state index is 0.278. The van der Waals surface area contributed by atoms with Gasteiger partial charge in [0.2, 0.25) is 5.91 Å². The number of hydrogen-bond donors (Lipinski definition) is 2. The molecule has 0 spiro atoms. The number of carboxylic acid groups (broad SMARTS) is 1. The molecule has 0 aliphatic rings. The Morgan fingerprint density at radius 1 is 0.738 bits per heavy atom. The summed E-state index contributed by atoms with van der Waals surface area (Å²) in [5.74, 6) is -3.74. The summed E-state index contributed by atoms with van der Waals surface area (Å²) >= 11 is 6.88. The molecule has 0 aliphatic heterocycles. The van der Waals surface area contributed by atoms with Crippen molar-refractivity contribution in [3.63, 3.8) is 0 Å². The van der Waals surface area contributed by atoms with Crippen molar-refractivity contribution >= 4 is 43.7 Å². The molecule has 0 fully saturated rings. The Morgan fingerprint density at radius 3 is 1.64 bits per heavy atom. The number of aryl methyl sites for hydroxylation is 2. The SMILES string of the molecule is Cc1noc(-c2ccc(Br)cc2)c1C(C(=O)O)C(C(=O)NC(C)c1ccccc1)c1c(C)noc1-c1ccc(Br)cc1. The van der Waals surface area contributed by atoms with Gasteiger partial charge in [0.15, 0.2) is 11.5 Å². The third kappa shape index (κ3) is 5.96. The number of carbonyl (C=O) groups is 2. The average Bonchev–Trinajstić information content (AvgIpc) is 3.54. The Balaban J connectivity index is 1.70. The molecule has 8 nitrogen and oxygen atoms in total. The van der Waals surface area contributed by atoms with Crippen LogP contribution in [0.1, 0.15) is 52.9 Å². The number of carbonyl (C=O) groups excluding carboxylic acids is 1.